The molecule has 0 bridgehead atoms. The highest BCUT2D eigenvalue weighted by molar-refractivity contribution is 5.79. The van der Waals surface area contributed by atoms with Gasteiger partial charge in [0, 0.05) is 18.1 Å². The van der Waals surface area contributed by atoms with E-state index in [1.165, 1.54) is 31.6 Å². The van der Waals surface area contributed by atoms with Gasteiger partial charge in [0.05, 0.1) is 12.5 Å². The molecule has 1 heterocycles. The summed E-state index contributed by atoms with van der Waals surface area (Å²) in [7, 11) is 1.54. The first kappa shape index (κ1) is 19.3. The summed E-state index contributed by atoms with van der Waals surface area (Å²) in [5, 5.41) is 9.55. The number of rotatable bonds is 7. The zero-order valence-corrected chi connectivity index (χ0v) is 15.7. The SMILES string of the molecule is COc1cccc(Oc2coc3cc(OC(C(=O)O)C(C)C)ccc3c2=O)c1. The number of benzene rings is 2. The Bertz CT molecular complexity index is 1050. The van der Waals surface area contributed by atoms with Gasteiger partial charge < -0.3 is 23.7 Å². The molecule has 0 aliphatic carbocycles. The van der Waals surface area contributed by atoms with E-state index in [0.29, 0.717) is 22.6 Å². The van der Waals surface area contributed by atoms with Gasteiger partial charge in [-0.15, -0.1) is 0 Å². The molecular weight excluding hydrogens is 364 g/mol. The van der Waals surface area contributed by atoms with Crippen molar-refractivity contribution < 1.29 is 28.5 Å². The van der Waals surface area contributed by atoms with Gasteiger partial charge >= 0.3 is 5.97 Å². The summed E-state index contributed by atoms with van der Waals surface area (Å²) in [4.78, 5) is 24.0. The molecule has 0 spiro atoms. The molecule has 0 saturated carbocycles. The van der Waals surface area contributed by atoms with Gasteiger partial charge in [-0.05, 0) is 24.3 Å². The zero-order chi connectivity index (χ0) is 20.3. The third-order valence-electron chi connectivity index (χ3n) is 4.10. The Morgan fingerprint density at radius 2 is 1.82 bits per heavy atom. The predicted molar refractivity (Wildman–Crippen MR) is 102 cm³/mol. The number of carboxylic acids is 1. The van der Waals surface area contributed by atoms with Crippen LogP contribution in [0.4, 0.5) is 0 Å². The van der Waals surface area contributed by atoms with E-state index in [1.807, 2.05) is 0 Å². The van der Waals surface area contributed by atoms with Gasteiger partial charge in [-0.1, -0.05) is 19.9 Å². The third kappa shape index (κ3) is 4.09. The van der Waals surface area contributed by atoms with E-state index in [1.54, 1.807) is 38.1 Å². The predicted octanol–water partition coefficient (Wildman–Crippen LogP) is 4.08. The molecule has 7 heteroatoms. The van der Waals surface area contributed by atoms with E-state index in [0.717, 1.165) is 0 Å². The van der Waals surface area contributed by atoms with Crippen LogP contribution in [0.25, 0.3) is 11.0 Å². The summed E-state index contributed by atoms with van der Waals surface area (Å²) in [6.07, 6.45) is 0.213. The molecule has 1 N–H and O–H groups in total. The highest BCUT2D eigenvalue weighted by Gasteiger charge is 2.23. The zero-order valence-electron chi connectivity index (χ0n) is 15.7. The Morgan fingerprint density at radius 1 is 1.07 bits per heavy atom. The van der Waals surface area contributed by atoms with Crippen LogP contribution < -0.4 is 19.6 Å². The van der Waals surface area contributed by atoms with Crippen LogP contribution in [-0.4, -0.2) is 24.3 Å². The molecule has 0 aliphatic heterocycles. The lowest BCUT2D eigenvalue weighted by Crippen LogP contribution is -2.32. The molecule has 3 rings (SSSR count). The molecule has 0 saturated heterocycles. The average molecular weight is 384 g/mol. The Balaban J connectivity index is 1.90. The van der Waals surface area contributed by atoms with Crippen LogP contribution in [0.1, 0.15) is 13.8 Å². The van der Waals surface area contributed by atoms with E-state index in [9.17, 15) is 14.7 Å². The van der Waals surface area contributed by atoms with Crippen LogP contribution in [0, 0.1) is 5.92 Å². The standard InChI is InChI=1S/C21H20O7/c1-12(2)20(21(23)24)28-15-7-8-16-17(10-15)26-11-18(19(16)22)27-14-6-4-5-13(9-14)25-3/h4-12,20H,1-3H3,(H,23,24). The van der Waals surface area contributed by atoms with Crippen molar-refractivity contribution in [3.63, 3.8) is 0 Å². The number of carboxylic acid groups (broad SMARTS) is 1. The number of carbonyl (C=O) groups is 1. The largest absolute Gasteiger partial charge is 0.497 e. The minimum atomic E-state index is -1.06. The highest BCUT2D eigenvalue weighted by atomic mass is 16.5. The van der Waals surface area contributed by atoms with Gasteiger partial charge in [-0.2, -0.15) is 0 Å². The lowest BCUT2D eigenvalue weighted by atomic mass is 10.1. The van der Waals surface area contributed by atoms with E-state index in [4.69, 9.17) is 18.6 Å². The first-order valence-electron chi connectivity index (χ1n) is 8.66. The van der Waals surface area contributed by atoms with Crippen LogP contribution in [0.3, 0.4) is 0 Å². The van der Waals surface area contributed by atoms with Crippen molar-refractivity contribution in [3.8, 4) is 23.0 Å². The van der Waals surface area contributed by atoms with E-state index in [-0.39, 0.29) is 22.7 Å². The second-order valence-corrected chi connectivity index (χ2v) is 6.49. The van der Waals surface area contributed by atoms with Crippen LogP contribution in [0.2, 0.25) is 0 Å². The van der Waals surface area contributed by atoms with Crippen molar-refractivity contribution in [2.24, 2.45) is 5.92 Å². The topological polar surface area (TPSA) is 95.2 Å². The summed E-state index contributed by atoms with van der Waals surface area (Å²) < 4.78 is 21.8. The average Bonchev–Trinajstić information content (AvgIpc) is 2.68. The van der Waals surface area contributed by atoms with E-state index in [2.05, 4.69) is 0 Å². The molecule has 146 valence electrons. The molecule has 7 nitrogen and oxygen atoms in total. The quantitative estimate of drug-likeness (QED) is 0.656. The van der Waals surface area contributed by atoms with Crippen molar-refractivity contribution >= 4 is 16.9 Å². The van der Waals surface area contributed by atoms with Gasteiger partial charge in [-0.25, -0.2) is 4.79 Å². The number of aliphatic carboxylic acids is 1. The number of methoxy groups -OCH3 is 1. The Hall–Kier alpha value is -3.48. The maximum Gasteiger partial charge on any atom is 0.345 e. The van der Waals surface area contributed by atoms with Crippen LogP contribution >= 0.6 is 0 Å². The highest BCUT2D eigenvalue weighted by Crippen LogP contribution is 2.27. The second-order valence-electron chi connectivity index (χ2n) is 6.49. The van der Waals surface area contributed by atoms with Crippen molar-refractivity contribution in [3.05, 3.63) is 59.0 Å². The van der Waals surface area contributed by atoms with Crippen molar-refractivity contribution in [2.45, 2.75) is 20.0 Å². The van der Waals surface area contributed by atoms with Crippen molar-refractivity contribution in [1.82, 2.24) is 0 Å². The minimum absolute atomic E-state index is 0.0278. The van der Waals surface area contributed by atoms with E-state index >= 15 is 0 Å². The maximum atomic E-state index is 12.7. The molecule has 0 radical (unpaired) electrons. The number of hydrogen-bond acceptors (Lipinski definition) is 6. The van der Waals surface area contributed by atoms with Gasteiger partial charge in [0.25, 0.3) is 0 Å². The molecule has 28 heavy (non-hydrogen) atoms. The monoisotopic (exact) mass is 384 g/mol. The number of hydrogen-bond donors (Lipinski definition) is 1. The molecule has 0 amide bonds. The molecule has 0 aliphatic rings. The maximum absolute atomic E-state index is 12.7. The van der Waals surface area contributed by atoms with Gasteiger partial charge in [0.15, 0.2) is 6.10 Å². The number of fused-ring (bicyclic) bond motifs is 1. The molecule has 1 unspecified atom stereocenters. The molecule has 3 aromatic rings. The van der Waals surface area contributed by atoms with Gasteiger partial charge in [0.1, 0.15) is 29.1 Å². The summed E-state index contributed by atoms with van der Waals surface area (Å²) in [5.74, 6) is 0.0884. The minimum Gasteiger partial charge on any atom is -0.497 e. The summed E-state index contributed by atoms with van der Waals surface area (Å²) in [6, 6.07) is 11.4. The molecular formula is C21H20O7. The Kier molecular flexibility index (Phi) is 5.54. The normalized spacial score (nSPS) is 12.0. The summed E-state index contributed by atoms with van der Waals surface area (Å²) >= 11 is 0. The molecule has 0 fully saturated rings. The third-order valence-corrected chi connectivity index (χ3v) is 4.10. The number of ether oxygens (including phenoxy) is 3. The molecule has 1 atom stereocenters. The molecule has 2 aromatic carbocycles. The fourth-order valence-electron chi connectivity index (χ4n) is 2.64. The fraction of sp³-hybridized carbons (Fsp3) is 0.238. The van der Waals surface area contributed by atoms with Crippen molar-refractivity contribution in [2.75, 3.05) is 7.11 Å². The lowest BCUT2D eigenvalue weighted by molar-refractivity contribution is -0.147. The second kappa shape index (κ2) is 8.04. The van der Waals surface area contributed by atoms with Crippen LogP contribution in [0.15, 0.2) is 57.9 Å². The first-order valence-corrected chi connectivity index (χ1v) is 8.66. The summed E-state index contributed by atoms with van der Waals surface area (Å²) in [5.41, 5.74) is -0.0809. The lowest BCUT2D eigenvalue weighted by Gasteiger charge is -2.18. The van der Waals surface area contributed by atoms with Gasteiger partial charge in [0.2, 0.25) is 11.2 Å². The van der Waals surface area contributed by atoms with Crippen LogP contribution in [-0.2, 0) is 4.79 Å². The molecule has 1 aromatic heterocycles. The van der Waals surface area contributed by atoms with Crippen LogP contribution in [0.5, 0.6) is 23.0 Å². The Labute approximate surface area is 161 Å². The van der Waals surface area contributed by atoms with E-state index < -0.39 is 12.1 Å². The first-order chi connectivity index (χ1) is 13.4. The smallest absolute Gasteiger partial charge is 0.345 e. The van der Waals surface area contributed by atoms with Crippen molar-refractivity contribution in [1.29, 1.82) is 0 Å². The Morgan fingerprint density at radius 3 is 2.50 bits per heavy atom. The van der Waals surface area contributed by atoms with Gasteiger partial charge in [-0.3, -0.25) is 4.79 Å². The summed E-state index contributed by atoms with van der Waals surface area (Å²) in [6.45, 7) is 3.50. The fourth-order valence-corrected chi connectivity index (χ4v) is 2.64.